The van der Waals surface area contributed by atoms with Crippen molar-refractivity contribution in [2.75, 3.05) is 50.9 Å². The summed E-state index contributed by atoms with van der Waals surface area (Å²) < 4.78 is 0.759. The summed E-state index contributed by atoms with van der Waals surface area (Å²) in [5.41, 5.74) is 1.48. The summed E-state index contributed by atoms with van der Waals surface area (Å²) in [6.07, 6.45) is 6.82. The molecule has 1 aliphatic heterocycles. The number of piperazine rings is 1. The minimum absolute atomic E-state index is 0. The number of hydrogen-bond donors (Lipinski definition) is 2. The highest BCUT2D eigenvalue weighted by Gasteiger charge is 2.39. The van der Waals surface area contributed by atoms with Gasteiger partial charge in [0.1, 0.15) is 5.82 Å². The van der Waals surface area contributed by atoms with E-state index in [0.29, 0.717) is 23.4 Å². The standard InChI is InChI=1S/C26H34BrN7O2.CH4/c1-32-12-14-34(15-13-32)24(35)17-6-8-18(9-7-17)29-26-28-16-21(27)23(31-26)30-22-5-3-4-20(22)25(36)33(2)19-10-11-19;/h6-9,16,19-20,22H,3-5,10-15H2,1-2H3,(H2,28,29,30,31);1H4/t20-,22+;/m0./s1. The molecule has 1 aromatic carbocycles. The van der Waals surface area contributed by atoms with Crippen LogP contribution in [0.2, 0.25) is 0 Å². The summed E-state index contributed by atoms with van der Waals surface area (Å²) in [5.74, 6) is 1.40. The van der Waals surface area contributed by atoms with Gasteiger partial charge in [0.2, 0.25) is 11.9 Å². The molecule has 1 saturated heterocycles. The summed E-state index contributed by atoms with van der Waals surface area (Å²) in [6, 6.07) is 7.90. The number of hydrogen-bond acceptors (Lipinski definition) is 7. The molecular formula is C27H38BrN7O2. The molecule has 2 saturated carbocycles. The van der Waals surface area contributed by atoms with Crippen LogP contribution in [0.25, 0.3) is 0 Å². The molecule has 0 spiro atoms. The van der Waals surface area contributed by atoms with Crippen molar-refractivity contribution in [2.24, 2.45) is 5.92 Å². The van der Waals surface area contributed by atoms with Crippen LogP contribution in [0, 0.1) is 5.92 Å². The van der Waals surface area contributed by atoms with E-state index in [1.165, 1.54) is 0 Å². The van der Waals surface area contributed by atoms with Gasteiger partial charge >= 0.3 is 0 Å². The third-order valence-corrected chi connectivity index (χ3v) is 8.10. The van der Waals surface area contributed by atoms with Crippen molar-refractivity contribution < 1.29 is 9.59 Å². The Morgan fingerprint density at radius 2 is 1.76 bits per heavy atom. The molecule has 2 amide bonds. The molecule has 9 nitrogen and oxygen atoms in total. The van der Waals surface area contributed by atoms with Crippen LogP contribution in [0.15, 0.2) is 34.9 Å². The second kappa shape index (κ2) is 11.8. The molecular weight excluding hydrogens is 534 g/mol. The molecule has 3 fully saturated rings. The second-order valence-corrected chi connectivity index (χ2v) is 11.0. The average Bonchev–Trinajstić information content (AvgIpc) is 3.64. The molecule has 2 heterocycles. The van der Waals surface area contributed by atoms with E-state index in [2.05, 4.69) is 48.5 Å². The summed E-state index contributed by atoms with van der Waals surface area (Å²) in [7, 11) is 4.01. The van der Waals surface area contributed by atoms with Gasteiger partial charge in [-0.1, -0.05) is 13.8 Å². The molecule has 2 aromatic rings. The Labute approximate surface area is 228 Å². The number of rotatable bonds is 7. The van der Waals surface area contributed by atoms with Gasteiger partial charge in [0.15, 0.2) is 0 Å². The number of likely N-dealkylation sites (N-methyl/N-ethyl adjacent to an activating group) is 1. The number of carbonyl (C=O) groups is 2. The smallest absolute Gasteiger partial charge is 0.253 e. The average molecular weight is 573 g/mol. The van der Waals surface area contributed by atoms with Crippen LogP contribution in [-0.4, -0.2) is 88.8 Å². The summed E-state index contributed by atoms with van der Waals surface area (Å²) in [5, 5.41) is 6.74. The first-order valence-corrected chi connectivity index (χ1v) is 13.6. The van der Waals surface area contributed by atoms with Crippen LogP contribution >= 0.6 is 15.9 Å². The van der Waals surface area contributed by atoms with Crippen molar-refractivity contribution in [3.8, 4) is 0 Å². The van der Waals surface area contributed by atoms with Crippen LogP contribution < -0.4 is 10.6 Å². The van der Waals surface area contributed by atoms with Crippen molar-refractivity contribution in [1.29, 1.82) is 0 Å². The van der Waals surface area contributed by atoms with Crippen molar-refractivity contribution >= 4 is 45.2 Å². The monoisotopic (exact) mass is 571 g/mol. The molecule has 2 N–H and O–H groups in total. The van der Waals surface area contributed by atoms with Crippen LogP contribution in [-0.2, 0) is 4.79 Å². The Morgan fingerprint density at radius 1 is 1.05 bits per heavy atom. The minimum atomic E-state index is -0.0285. The fourth-order valence-corrected chi connectivity index (χ4v) is 5.36. The summed E-state index contributed by atoms with van der Waals surface area (Å²) in [6.45, 7) is 3.30. The van der Waals surface area contributed by atoms with Crippen LogP contribution in [0.1, 0.15) is 49.9 Å². The van der Waals surface area contributed by atoms with Gasteiger partial charge in [0.25, 0.3) is 5.91 Å². The van der Waals surface area contributed by atoms with Crippen LogP contribution in [0.5, 0.6) is 0 Å². The Morgan fingerprint density at radius 3 is 2.43 bits per heavy atom. The molecule has 5 rings (SSSR count). The topological polar surface area (TPSA) is 93.7 Å². The molecule has 10 heteroatoms. The highest BCUT2D eigenvalue weighted by Crippen LogP contribution is 2.34. The number of nitrogens with one attached hydrogen (secondary N) is 2. The van der Waals surface area contributed by atoms with Gasteiger partial charge in [0, 0.05) is 62.8 Å². The van der Waals surface area contributed by atoms with E-state index in [9.17, 15) is 9.59 Å². The van der Waals surface area contributed by atoms with E-state index in [-0.39, 0.29) is 31.2 Å². The maximum absolute atomic E-state index is 13.0. The molecule has 1 aromatic heterocycles. The molecule has 2 aliphatic carbocycles. The lowest BCUT2D eigenvalue weighted by atomic mass is 10.0. The third-order valence-electron chi connectivity index (χ3n) is 7.52. The molecule has 200 valence electrons. The number of halogens is 1. The van der Waals surface area contributed by atoms with E-state index >= 15 is 0 Å². The quantitative estimate of drug-likeness (QED) is 0.514. The predicted molar refractivity (Wildman–Crippen MR) is 150 cm³/mol. The predicted octanol–water partition coefficient (Wildman–Crippen LogP) is 4.21. The minimum Gasteiger partial charge on any atom is -0.365 e. The first kappa shape index (κ1) is 27.3. The highest BCUT2D eigenvalue weighted by atomic mass is 79.9. The zero-order chi connectivity index (χ0) is 25.2. The van der Waals surface area contributed by atoms with Gasteiger partial charge in [-0.15, -0.1) is 0 Å². The molecule has 2 atom stereocenters. The molecule has 0 bridgehead atoms. The van der Waals surface area contributed by atoms with Crippen LogP contribution in [0.3, 0.4) is 0 Å². The maximum Gasteiger partial charge on any atom is 0.253 e. The second-order valence-electron chi connectivity index (χ2n) is 10.2. The van der Waals surface area contributed by atoms with E-state index < -0.39 is 0 Å². The lowest BCUT2D eigenvalue weighted by Gasteiger charge is -2.32. The maximum atomic E-state index is 13.0. The Balaban J connectivity index is 0.00000320. The fraction of sp³-hybridized carbons (Fsp3) is 0.556. The largest absolute Gasteiger partial charge is 0.365 e. The summed E-state index contributed by atoms with van der Waals surface area (Å²) >= 11 is 3.55. The first-order valence-electron chi connectivity index (χ1n) is 12.8. The number of carbonyl (C=O) groups excluding carboxylic acids is 2. The Bertz CT molecular complexity index is 1100. The molecule has 37 heavy (non-hydrogen) atoms. The van der Waals surface area contributed by atoms with Gasteiger partial charge in [-0.3, -0.25) is 9.59 Å². The van der Waals surface area contributed by atoms with E-state index in [0.717, 1.165) is 68.4 Å². The normalized spacial score (nSPS) is 21.8. The Kier molecular flexibility index (Phi) is 8.69. The number of nitrogens with zero attached hydrogens (tertiary/aromatic N) is 5. The van der Waals surface area contributed by atoms with Gasteiger partial charge < -0.3 is 25.3 Å². The van der Waals surface area contributed by atoms with Crippen molar-refractivity contribution in [2.45, 2.75) is 51.6 Å². The SMILES string of the molecule is C.CN1CCN(C(=O)c2ccc(Nc3ncc(Br)c(N[C@@H]4CCC[C@@H]4C(=O)N(C)C4CC4)n3)cc2)CC1. The van der Waals surface area contributed by atoms with E-state index in [4.69, 9.17) is 0 Å². The number of anilines is 3. The van der Waals surface area contributed by atoms with Crippen LogP contribution in [0.4, 0.5) is 17.5 Å². The van der Waals surface area contributed by atoms with Crippen molar-refractivity contribution in [1.82, 2.24) is 24.7 Å². The lowest BCUT2D eigenvalue weighted by Crippen LogP contribution is -2.47. The zero-order valence-electron chi connectivity index (χ0n) is 20.9. The van der Waals surface area contributed by atoms with Gasteiger partial charge in [0.05, 0.1) is 10.4 Å². The highest BCUT2D eigenvalue weighted by molar-refractivity contribution is 9.10. The van der Waals surface area contributed by atoms with Crippen molar-refractivity contribution in [3.05, 3.63) is 40.5 Å². The van der Waals surface area contributed by atoms with Gasteiger partial charge in [-0.25, -0.2) is 4.98 Å². The molecule has 3 aliphatic rings. The first-order chi connectivity index (χ1) is 17.4. The Hall–Kier alpha value is -2.72. The number of amides is 2. The third kappa shape index (κ3) is 6.41. The zero-order valence-corrected chi connectivity index (χ0v) is 22.5. The van der Waals surface area contributed by atoms with Gasteiger partial charge in [-0.2, -0.15) is 4.98 Å². The van der Waals surface area contributed by atoms with Gasteiger partial charge in [-0.05, 0) is 72.9 Å². The van der Waals surface area contributed by atoms with E-state index in [1.54, 1.807) is 6.20 Å². The number of benzene rings is 1. The molecule has 0 unspecified atom stereocenters. The molecule has 0 radical (unpaired) electrons. The van der Waals surface area contributed by atoms with Crippen molar-refractivity contribution in [3.63, 3.8) is 0 Å². The lowest BCUT2D eigenvalue weighted by molar-refractivity contribution is -0.134. The van der Waals surface area contributed by atoms with E-state index in [1.807, 2.05) is 41.1 Å². The fourth-order valence-electron chi connectivity index (χ4n) is 5.05. The summed E-state index contributed by atoms with van der Waals surface area (Å²) in [4.78, 5) is 41.0. The number of aromatic nitrogens is 2.